The number of benzene rings is 2. The van der Waals surface area contributed by atoms with E-state index >= 15 is 0 Å². The Hall–Kier alpha value is -2.57. The summed E-state index contributed by atoms with van der Waals surface area (Å²) in [5, 5.41) is 4.80. The number of unbranched alkanes of at least 4 members (excludes halogenated alkanes) is 2. The summed E-state index contributed by atoms with van der Waals surface area (Å²) in [6.07, 6.45) is 7.90. The zero-order valence-electron chi connectivity index (χ0n) is 19.5. The van der Waals surface area contributed by atoms with E-state index in [1.165, 1.54) is 29.5 Å². The van der Waals surface area contributed by atoms with Gasteiger partial charge in [-0.05, 0) is 99.3 Å². The molecule has 1 N–H and O–H groups in total. The van der Waals surface area contributed by atoms with Crippen molar-refractivity contribution in [2.45, 2.75) is 38.0 Å². The molecule has 3 heterocycles. The van der Waals surface area contributed by atoms with Crippen LogP contribution in [0.1, 0.15) is 43.6 Å². The quantitative estimate of drug-likeness (QED) is 0.412. The van der Waals surface area contributed by atoms with Gasteiger partial charge >= 0.3 is 6.03 Å². The summed E-state index contributed by atoms with van der Waals surface area (Å²) in [5.74, 6) is 0.269. The Morgan fingerprint density at radius 2 is 1.74 bits per heavy atom. The summed E-state index contributed by atoms with van der Waals surface area (Å²) in [6, 6.07) is 12.8. The standard InChI is InChI=1S/C27H32ClFN4O/c28-21-4-9-26-24(18-21)25(19-33(26)23-7-5-22(29)6-8-23)20-10-15-31(16-11-20)13-2-1-3-14-32-17-12-30-27(32)34/h4-9,18-20H,1-3,10-17H2,(H,30,34). The Morgan fingerprint density at radius 3 is 2.47 bits per heavy atom. The lowest BCUT2D eigenvalue weighted by molar-refractivity contribution is 0.205. The third-order valence-corrected chi connectivity index (χ3v) is 7.51. The van der Waals surface area contributed by atoms with Crippen molar-refractivity contribution in [1.29, 1.82) is 0 Å². The van der Waals surface area contributed by atoms with Crippen molar-refractivity contribution >= 4 is 28.5 Å². The first-order chi connectivity index (χ1) is 16.6. The Morgan fingerprint density at radius 1 is 0.971 bits per heavy atom. The highest BCUT2D eigenvalue weighted by Crippen LogP contribution is 2.37. The average Bonchev–Trinajstić information content (AvgIpc) is 3.43. The van der Waals surface area contributed by atoms with E-state index in [1.54, 1.807) is 0 Å². The Labute approximate surface area is 205 Å². The van der Waals surface area contributed by atoms with E-state index in [1.807, 2.05) is 23.1 Å². The molecule has 0 spiro atoms. The van der Waals surface area contributed by atoms with Crippen LogP contribution in [0, 0.1) is 5.82 Å². The second kappa shape index (κ2) is 10.4. The zero-order valence-corrected chi connectivity index (χ0v) is 20.2. The van der Waals surface area contributed by atoms with Crippen molar-refractivity contribution in [3.05, 3.63) is 65.1 Å². The highest BCUT2D eigenvalue weighted by atomic mass is 35.5. The molecule has 0 aliphatic carbocycles. The van der Waals surface area contributed by atoms with Crippen molar-refractivity contribution in [1.82, 2.24) is 19.7 Å². The number of nitrogens with one attached hydrogen (secondary N) is 1. The molecule has 0 saturated carbocycles. The Bertz CT molecular complexity index is 1140. The number of aromatic nitrogens is 1. The van der Waals surface area contributed by atoms with Crippen LogP contribution in [0.5, 0.6) is 0 Å². The molecule has 0 bridgehead atoms. The fraction of sp³-hybridized carbons (Fsp3) is 0.444. The third kappa shape index (κ3) is 5.08. The van der Waals surface area contributed by atoms with E-state index < -0.39 is 0 Å². The summed E-state index contributed by atoms with van der Waals surface area (Å²) < 4.78 is 15.6. The van der Waals surface area contributed by atoms with Gasteiger partial charge in [0, 0.05) is 41.9 Å². The molecule has 2 amide bonds. The third-order valence-electron chi connectivity index (χ3n) is 7.28. The first kappa shape index (κ1) is 23.2. The summed E-state index contributed by atoms with van der Waals surface area (Å²) in [7, 11) is 0. The van der Waals surface area contributed by atoms with E-state index in [0.717, 1.165) is 81.2 Å². The van der Waals surface area contributed by atoms with Crippen LogP contribution in [0.3, 0.4) is 0 Å². The van der Waals surface area contributed by atoms with E-state index in [9.17, 15) is 9.18 Å². The van der Waals surface area contributed by atoms with Crippen LogP contribution in [-0.4, -0.2) is 59.7 Å². The van der Waals surface area contributed by atoms with Gasteiger partial charge in [-0.1, -0.05) is 18.0 Å². The maximum atomic E-state index is 13.5. The lowest BCUT2D eigenvalue weighted by atomic mass is 9.89. The highest BCUT2D eigenvalue weighted by Gasteiger charge is 2.24. The number of halogens is 2. The minimum atomic E-state index is -0.225. The van der Waals surface area contributed by atoms with Crippen LogP contribution in [0.25, 0.3) is 16.6 Å². The summed E-state index contributed by atoms with van der Waals surface area (Å²) in [6.45, 7) is 5.82. The molecule has 0 atom stereocenters. The van der Waals surface area contributed by atoms with Gasteiger partial charge < -0.3 is 19.7 Å². The van der Waals surface area contributed by atoms with Crippen molar-refractivity contribution < 1.29 is 9.18 Å². The molecular weight excluding hydrogens is 451 g/mol. The first-order valence-electron chi connectivity index (χ1n) is 12.4. The number of carbonyl (C=O) groups is 1. The molecule has 180 valence electrons. The predicted octanol–water partition coefficient (Wildman–Crippen LogP) is 5.80. The summed E-state index contributed by atoms with van der Waals surface area (Å²) in [4.78, 5) is 16.1. The van der Waals surface area contributed by atoms with E-state index in [-0.39, 0.29) is 11.8 Å². The van der Waals surface area contributed by atoms with Crippen LogP contribution >= 0.6 is 11.6 Å². The molecule has 2 saturated heterocycles. The molecule has 5 nitrogen and oxygen atoms in total. The smallest absolute Gasteiger partial charge is 0.317 e. The molecule has 2 aliphatic rings. The van der Waals surface area contributed by atoms with Gasteiger partial charge in [-0.2, -0.15) is 0 Å². The largest absolute Gasteiger partial charge is 0.336 e. The van der Waals surface area contributed by atoms with Gasteiger partial charge in [0.15, 0.2) is 0 Å². The second-order valence-corrected chi connectivity index (χ2v) is 9.92. The van der Waals surface area contributed by atoms with Crippen molar-refractivity contribution in [2.24, 2.45) is 0 Å². The number of fused-ring (bicyclic) bond motifs is 1. The van der Waals surface area contributed by atoms with Gasteiger partial charge in [0.1, 0.15) is 5.82 Å². The van der Waals surface area contributed by atoms with Crippen LogP contribution in [0.2, 0.25) is 5.02 Å². The van der Waals surface area contributed by atoms with Gasteiger partial charge in [0.05, 0.1) is 5.52 Å². The van der Waals surface area contributed by atoms with Crippen LogP contribution in [-0.2, 0) is 0 Å². The lowest BCUT2D eigenvalue weighted by Gasteiger charge is -2.32. The van der Waals surface area contributed by atoms with E-state index in [4.69, 9.17) is 11.6 Å². The first-order valence-corrected chi connectivity index (χ1v) is 12.8. The van der Waals surface area contributed by atoms with Crippen LogP contribution < -0.4 is 5.32 Å². The topological polar surface area (TPSA) is 40.5 Å². The van der Waals surface area contributed by atoms with Crippen molar-refractivity contribution in [3.63, 3.8) is 0 Å². The number of urea groups is 1. The van der Waals surface area contributed by atoms with Crippen LogP contribution in [0.15, 0.2) is 48.7 Å². The van der Waals surface area contributed by atoms with Crippen LogP contribution in [0.4, 0.5) is 9.18 Å². The molecule has 0 radical (unpaired) electrons. The maximum Gasteiger partial charge on any atom is 0.317 e. The fourth-order valence-corrected chi connectivity index (χ4v) is 5.55. The highest BCUT2D eigenvalue weighted by molar-refractivity contribution is 6.31. The van der Waals surface area contributed by atoms with E-state index in [0.29, 0.717) is 5.92 Å². The maximum absolute atomic E-state index is 13.5. The number of amides is 2. The number of nitrogens with zero attached hydrogens (tertiary/aromatic N) is 3. The molecule has 3 aromatic rings. The molecular formula is C27H32ClFN4O. The van der Waals surface area contributed by atoms with Crippen molar-refractivity contribution in [3.8, 4) is 5.69 Å². The van der Waals surface area contributed by atoms with Gasteiger partial charge in [0.25, 0.3) is 0 Å². The molecule has 1 aromatic heterocycles. The number of rotatable bonds is 8. The number of piperidine rings is 1. The zero-order chi connectivity index (χ0) is 23.5. The lowest BCUT2D eigenvalue weighted by Crippen LogP contribution is -2.33. The minimum Gasteiger partial charge on any atom is -0.336 e. The normalized spacial score (nSPS) is 17.6. The monoisotopic (exact) mass is 482 g/mol. The predicted molar refractivity (Wildman–Crippen MR) is 135 cm³/mol. The molecule has 2 fully saturated rings. The van der Waals surface area contributed by atoms with Crippen molar-refractivity contribution in [2.75, 3.05) is 39.3 Å². The second-order valence-electron chi connectivity index (χ2n) is 9.49. The SMILES string of the molecule is O=C1NCCN1CCCCCN1CCC(c2cn(-c3ccc(F)cc3)c3ccc(Cl)cc23)CC1. The number of carbonyl (C=O) groups excluding carboxylic acids is 1. The van der Waals surface area contributed by atoms with Gasteiger partial charge in [0.2, 0.25) is 0 Å². The Kier molecular flexibility index (Phi) is 7.07. The van der Waals surface area contributed by atoms with Gasteiger partial charge in [-0.15, -0.1) is 0 Å². The summed E-state index contributed by atoms with van der Waals surface area (Å²) in [5.41, 5.74) is 3.41. The molecule has 5 rings (SSSR count). The van der Waals surface area contributed by atoms with Gasteiger partial charge in [-0.25, -0.2) is 9.18 Å². The molecule has 7 heteroatoms. The minimum absolute atomic E-state index is 0.0872. The average molecular weight is 483 g/mol. The molecule has 0 unspecified atom stereocenters. The number of hydrogen-bond acceptors (Lipinski definition) is 2. The Balaban J connectivity index is 1.19. The summed E-state index contributed by atoms with van der Waals surface area (Å²) >= 11 is 6.37. The fourth-order valence-electron chi connectivity index (χ4n) is 5.38. The van der Waals surface area contributed by atoms with E-state index in [2.05, 4.69) is 33.1 Å². The number of likely N-dealkylation sites (tertiary alicyclic amines) is 1. The molecule has 2 aliphatic heterocycles. The van der Waals surface area contributed by atoms with Gasteiger partial charge in [-0.3, -0.25) is 0 Å². The number of hydrogen-bond donors (Lipinski definition) is 1. The molecule has 34 heavy (non-hydrogen) atoms. The molecule has 2 aromatic carbocycles.